The van der Waals surface area contributed by atoms with Crippen LogP contribution in [-0.4, -0.2) is 13.9 Å². The molecule has 1 aliphatic heterocycles. The molecule has 0 aromatic heterocycles. The SMILES string of the molecule is COc1ccc(CNc2ccc3c(c2)OCO3)cc1C. The van der Waals surface area contributed by atoms with Crippen LogP contribution >= 0.6 is 0 Å². The van der Waals surface area contributed by atoms with Gasteiger partial charge in [0.25, 0.3) is 0 Å². The standard InChI is InChI=1S/C16H17NO3/c1-11-7-12(3-5-14(11)18-2)9-17-13-4-6-15-16(8-13)20-10-19-15/h3-8,17H,9-10H2,1-2H3. The fourth-order valence-corrected chi connectivity index (χ4v) is 2.26. The van der Waals surface area contributed by atoms with Crippen LogP contribution in [0.4, 0.5) is 5.69 Å². The molecular weight excluding hydrogens is 254 g/mol. The summed E-state index contributed by atoms with van der Waals surface area (Å²) in [6, 6.07) is 12.0. The number of methoxy groups -OCH3 is 1. The van der Waals surface area contributed by atoms with Crippen molar-refractivity contribution in [3.8, 4) is 17.2 Å². The second-order valence-electron chi connectivity index (χ2n) is 4.73. The molecule has 0 amide bonds. The summed E-state index contributed by atoms with van der Waals surface area (Å²) in [6.07, 6.45) is 0. The van der Waals surface area contributed by atoms with Gasteiger partial charge in [0, 0.05) is 18.3 Å². The van der Waals surface area contributed by atoms with Crippen LogP contribution in [0.25, 0.3) is 0 Å². The van der Waals surface area contributed by atoms with Gasteiger partial charge in [-0.15, -0.1) is 0 Å². The number of hydrogen-bond donors (Lipinski definition) is 1. The van der Waals surface area contributed by atoms with Gasteiger partial charge in [0.2, 0.25) is 6.79 Å². The molecule has 0 spiro atoms. The molecule has 0 fully saturated rings. The average Bonchev–Trinajstić information content (AvgIpc) is 2.92. The van der Waals surface area contributed by atoms with Crippen molar-refractivity contribution in [3.63, 3.8) is 0 Å². The summed E-state index contributed by atoms with van der Waals surface area (Å²) in [5.74, 6) is 2.51. The topological polar surface area (TPSA) is 39.7 Å². The molecule has 2 aromatic rings. The number of hydrogen-bond acceptors (Lipinski definition) is 4. The first kappa shape index (κ1) is 12.7. The highest BCUT2D eigenvalue weighted by Crippen LogP contribution is 2.34. The second kappa shape index (κ2) is 5.33. The molecule has 4 heteroatoms. The van der Waals surface area contributed by atoms with Crippen molar-refractivity contribution < 1.29 is 14.2 Å². The Balaban J connectivity index is 1.69. The van der Waals surface area contributed by atoms with E-state index in [1.54, 1.807) is 7.11 Å². The molecule has 1 heterocycles. The van der Waals surface area contributed by atoms with Crippen molar-refractivity contribution in [2.45, 2.75) is 13.5 Å². The maximum Gasteiger partial charge on any atom is 0.231 e. The number of aryl methyl sites for hydroxylation is 1. The molecule has 3 rings (SSSR count). The number of nitrogens with one attached hydrogen (secondary N) is 1. The van der Waals surface area contributed by atoms with Crippen LogP contribution in [0.15, 0.2) is 36.4 Å². The highest BCUT2D eigenvalue weighted by atomic mass is 16.7. The van der Waals surface area contributed by atoms with E-state index in [1.165, 1.54) is 5.56 Å². The minimum Gasteiger partial charge on any atom is -0.496 e. The maximum absolute atomic E-state index is 5.36. The molecule has 0 bridgehead atoms. The van der Waals surface area contributed by atoms with E-state index in [9.17, 15) is 0 Å². The first-order valence-electron chi connectivity index (χ1n) is 6.53. The normalized spacial score (nSPS) is 12.3. The zero-order chi connectivity index (χ0) is 13.9. The Morgan fingerprint density at radius 3 is 2.75 bits per heavy atom. The minimum absolute atomic E-state index is 0.302. The lowest BCUT2D eigenvalue weighted by Crippen LogP contribution is -2.00. The maximum atomic E-state index is 5.36. The molecule has 1 aliphatic rings. The molecule has 0 radical (unpaired) electrons. The Bertz CT molecular complexity index is 625. The Hall–Kier alpha value is -2.36. The van der Waals surface area contributed by atoms with Crippen molar-refractivity contribution in [1.29, 1.82) is 0 Å². The first-order valence-corrected chi connectivity index (χ1v) is 6.53. The summed E-state index contributed by atoms with van der Waals surface area (Å²) in [6.45, 7) is 3.10. The number of anilines is 1. The van der Waals surface area contributed by atoms with Gasteiger partial charge in [-0.1, -0.05) is 12.1 Å². The molecule has 0 saturated carbocycles. The summed E-state index contributed by atoms with van der Waals surface area (Å²) >= 11 is 0. The molecular formula is C16H17NO3. The van der Waals surface area contributed by atoms with Gasteiger partial charge >= 0.3 is 0 Å². The Morgan fingerprint density at radius 1 is 1.10 bits per heavy atom. The fraction of sp³-hybridized carbons (Fsp3) is 0.250. The lowest BCUT2D eigenvalue weighted by molar-refractivity contribution is 0.174. The zero-order valence-corrected chi connectivity index (χ0v) is 11.6. The third kappa shape index (κ3) is 2.50. The highest BCUT2D eigenvalue weighted by Gasteiger charge is 2.12. The van der Waals surface area contributed by atoms with Crippen molar-refractivity contribution in [2.75, 3.05) is 19.2 Å². The number of rotatable bonds is 4. The second-order valence-corrected chi connectivity index (χ2v) is 4.73. The zero-order valence-electron chi connectivity index (χ0n) is 11.6. The van der Waals surface area contributed by atoms with Gasteiger partial charge in [-0.05, 0) is 36.2 Å². The molecule has 0 unspecified atom stereocenters. The minimum atomic E-state index is 0.302. The molecule has 0 aliphatic carbocycles. The lowest BCUT2D eigenvalue weighted by Gasteiger charge is -2.10. The predicted octanol–water partition coefficient (Wildman–Crippen LogP) is 3.34. The van der Waals surface area contributed by atoms with Crippen LogP contribution in [0.3, 0.4) is 0 Å². The van der Waals surface area contributed by atoms with E-state index in [1.807, 2.05) is 31.2 Å². The summed E-state index contributed by atoms with van der Waals surface area (Å²) in [5, 5.41) is 3.38. The molecule has 104 valence electrons. The molecule has 2 aromatic carbocycles. The van der Waals surface area contributed by atoms with Crippen LogP contribution < -0.4 is 19.5 Å². The van der Waals surface area contributed by atoms with Crippen LogP contribution in [0.5, 0.6) is 17.2 Å². The van der Waals surface area contributed by atoms with Crippen molar-refractivity contribution in [2.24, 2.45) is 0 Å². The van der Waals surface area contributed by atoms with E-state index in [2.05, 4.69) is 17.4 Å². The monoisotopic (exact) mass is 271 g/mol. The summed E-state index contributed by atoms with van der Waals surface area (Å²) in [4.78, 5) is 0. The van der Waals surface area contributed by atoms with E-state index in [0.29, 0.717) is 6.79 Å². The lowest BCUT2D eigenvalue weighted by atomic mass is 10.1. The van der Waals surface area contributed by atoms with Crippen LogP contribution in [0.1, 0.15) is 11.1 Å². The Morgan fingerprint density at radius 2 is 1.95 bits per heavy atom. The number of benzene rings is 2. The molecule has 4 nitrogen and oxygen atoms in total. The van der Waals surface area contributed by atoms with E-state index in [4.69, 9.17) is 14.2 Å². The third-order valence-electron chi connectivity index (χ3n) is 3.33. The number of fused-ring (bicyclic) bond motifs is 1. The van der Waals surface area contributed by atoms with E-state index in [0.717, 1.165) is 35.0 Å². The summed E-state index contributed by atoms with van der Waals surface area (Å²) in [5.41, 5.74) is 3.36. The van der Waals surface area contributed by atoms with Gasteiger partial charge in [0.15, 0.2) is 11.5 Å². The Kier molecular flexibility index (Phi) is 3.37. The highest BCUT2D eigenvalue weighted by molar-refractivity contribution is 5.55. The van der Waals surface area contributed by atoms with Crippen LogP contribution in [0.2, 0.25) is 0 Å². The largest absolute Gasteiger partial charge is 0.496 e. The van der Waals surface area contributed by atoms with Crippen molar-refractivity contribution in [1.82, 2.24) is 0 Å². The molecule has 20 heavy (non-hydrogen) atoms. The van der Waals surface area contributed by atoms with Gasteiger partial charge in [-0.25, -0.2) is 0 Å². The van der Waals surface area contributed by atoms with Crippen molar-refractivity contribution >= 4 is 5.69 Å². The average molecular weight is 271 g/mol. The molecule has 0 saturated heterocycles. The van der Waals surface area contributed by atoms with Crippen LogP contribution in [0, 0.1) is 6.92 Å². The fourth-order valence-electron chi connectivity index (χ4n) is 2.26. The van der Waals surface area contributed by atoms with E-state index < -0.39 is 0 Å². The van der Waals surface area contributed by atoms with Gasteiger partial charge in [0.1, 0.15) is 5.75 Å². The summed E-state index contributed by atoms with van der Waals surface area (Å²) < 4.78 is 15.9. The summed E-state index contributed by atoms with van der Waals surface area (Å²) in [7, 11) is 1.69. The van der Waals surface area contributed by atoms with Crippen LogP contribution in [-0.2, 0) is 6.54 Å². The van der Waals surface area contributed by atoms with Crippen molar-refractivity contribution in [3.05, 3.63) is 47.5 Å². The van der Waals surface area contributed by atoms with E-state index in [-0.39, 0.29) is 0 Å². The van der Waals surface area contributed by atoms with Gasteiger partial charge in [-0.2, -0.15) is 0 Å². The first-order chi connectivity index (χ1) is 9.76. The van der Waals surface area contributed by atoms with E-state index >= 15 is 0 Å². The van der Waals surface area contributed by atoms with Gasteiger partial charge in [-0.3, -0.25) is 0 Å². The molecule has 1 N–H and O–H groups in total. The third-order valence-corrected chi connectivity index (χ3v) is 3.33. The quantitative estimate of drug-likeness (QED) is 0.925. The van der Waals surface area contributed by atoms with Gasteiger partial charge in [0.05, 0.1) is 7.11 Å². The smallest absolute Gasteiger partial charge is 0.231 e. The Labute approximate surface area is 118 Å². The van der Waals surface area contributed by atoms with Gasteiger partial charge < -0.3 is 19.5 Å². The number of ether oxygens (including phenoxy) is 3. The molecule has 0 atom stereocenters. The predicted molar refractivity (Wildman–Crippen MR) is 77.6 cm³/mol.